The van der Waals surface area contributed by atoms with Crippen LogP contribution < -0.4 is 5.32 Å². The maximum atomic E-state index is 13.3. The number of rotatable bonds is 2. The Kier molecular flexibility index (Phi) is 3.33. The number of carbonyl (C=O) groups excluding carboxylic acids is 1. The van der Waals surface area contributed by atoms with Crippen molar-refractivity contribution in [3.63, 3.8) is 0 Å². The van der Waals surface area contributed by atoms with E-state index in [9.17, 15) is 9.18 Å². The molecule has 0 aromatic heterocycles. The van der Waals surface area contributed by atoms with Crippen molar-refractivity contribution in [3.05, 3.63) is 71.6 Å². The molecule has 2 nitrogen and oxygen atoms in total. The number of hydrogen-bond donors (Lipinski definition) is 1. The second kappa shape index (κ2) is 5.29. The summed E-state index contributed by atoms with van der Waals surface area (Å²) < 4.78 is 13.3. The summed E-state index contributed by atoms with van der Waals surface area (Å²) in [4.78, 5) is 12.0. The van der Waals surface area contributed by atoms with Crippen LogP contribution in [0.4, 0.5) is 10.1 Å². The van der Waals surface area contributed by atoms with Gasteiger partial charge in [0.25, 0.3) is 0 Å². The molecule has 0 unspecified atom stereocenters. The van der Waals surface area contributed by atoms with E-state index in [4.69, 9.17) is 0 Å². The van der Waals surface area contributed by atoms with Crippen LogP contribution >= 0.6 is 0 Å². The first-order chi connectivity index (χ1) is 9.72. The van der Waals surface area contributed by atoms with E-state index in [2.05, 4.69) is 5.32 Å². The van der Waals surface area contributed by atoms with Crippen LogP contribution in [-0.2, 0) is 11.2 Å². The highest BCUT2D eigenvalue weighted by atomic mass is 19.1. The number of hydrogen-bond acceptors (Lipinski definition) is 1. The normalized spacial score (nSPS) is 15.2. The number of amides is 1. The zero-order valence-corrected chi connectivity index (χ0v) is 10.9. The minimum atomic E-state index is -0.264. The van der Waals surface area contributed by atoms with Crippen molar-refractivity contribution in [1.82, 2.24) is 0 Å². The molecular weight excluding hydrogens is 253 g/mol. The van der Waals surface area contributed by atoms with Crippen molar-refractivity contribution in [2.75, 3.05) is 5.32 Å². The molecule has 0 bridgehead atoms. The first-order valence-corrected chi connectivity index (χ1v) is 6.58. The Hall–Kier alpha value is -2.42. The number of aryl methyl sites for hydroxylation is 1. The summed E-state index contributed by atoms with van der Waals surface area (Å²) in [5, 5.41) is 2.81. The third kappa shape index (κ3) is 2.62. The molecule has 1 aliphatic carbocycles. The van der Waals surface area contributed by atoms with Crippen molar-refractivity contribution < 1.29 is 9.18 Å². The fourth-order valence-electron chi connectivity index (χ4n) is 2.48. The summed E-state index contributed by atoms with van der Waals surface area (Å²) in [5.74, 6) is -0.441. The van der Waals surface area contributed by atoms with Gasteiger partial charge in [0.05, 0.1) is 0 Å². The van der Waals surface area contributed by atoms with Crippen molar-refractivity contribution >= 4 is 17.2 Å². The molecule has 0 saturated heterocycles. The van der Waals surface area contributed by atoms with Crippen molar-refractivity contribution in [1.29, 1.82) is 0 Å². The van der Waals surface area contributed by atoms with Gasteiger partial charge in [0.2, 0.25) is 5.91 Å². The summed E-state index contributed by atoms with van der Waals surface area (Å²) in [6.07, 6.45) is 3.21. The SMILES string of the molecule is O=C(/C=C1\CCc2ccc(F)cc21)Nc1ccccc1. The van der Waals surface area contributed by atoms with Crippen LogP contribution in [0.1, 0.15) is 17.5 Å². The molecule has 20 heavy (non-hydrogen) atoms. The first-order valence-electron chi connectivity index (χ1n) is 6.58. The van der Waals surface area contributed by atoms with E-state index >= 15 is 0 Å². The average molecular weight is 267 g/mol. The summed E-state index contributed by atoms with van der Waals surface area (Å²) in [7, 11) is 0. The number of para-hydroxylation sites is 1. The van der Waals surface area contributed by atoms with Crippen LogP contribution in [0.2, 0.25) is 0 Å². The van der Waals surface area contributed by atoms with Crippen molar-refractivity contribution in [2.24, 2.45) is 0 Å². The molecule has 2 aromatic rings. The van der Waals surface area contributed by atoms with E-state index in [1.807, 2.05) is 30.3 Å². The monoisotopic (exact) mass is 267 g/mol. The molecule has 0 fully saturated rings. The van der Waals surface area contributed by atoms with Gasteiger partial charge < -0.3 is 5.32 Å². The number of benzene rings is 2. The Bertz CT molecular complexity index is 677. The van der Waals surface area contributed by atoms with Gasteiger partial charge in [-0.15, -0.1) is 0 Å². The Morgan fingerprint density at radius 1 is 1.10 bits per heavy atom. The van der Waals surface area contributed by atoms with Gasteiger partial charge in [-0.3, -0.25) is 4.79 Å². The highest BCUT2D eigenvalue weighted by Crippen LogP contribution is 2.32. The minimum absolute atomic E-state index is 0.177. The number of halogens is 1. The Labute approximate surface area is 116 Å². The van der Waals surface area contributed by atoms with Gasteiger partial charge in [-0.25, -0.2) is 4.39 Å². The first kappa shape index (κ1) is 12.6. The average Bonchev–Trinajstić information content (AvgIpc) is 2.82. The summed E-state index contributed by atoms with van der Waals surface area (Å²) >= 11 is 0. The molecule has 100 valence electrons. The number of anilines is 1. The van der Waals surface area contributed by atoms with E-state index in [-0.39, 0.29) is 11.7 Å². The maximum absolute atomic E-state index is 13.3. The number of fused-ring (bicyclic) bond motifs is 1. The van der Waals surface area contributed by atoms with E-state index in [0.29, 0.717) is 0 Å². The molecule has 3 rings (SSSR count). The molecule has 0 aliphatic heterocycles. The third-order valence-electron chi connectivity index (χ3n) is 3.43. The second-order valence-electron chi connectivity index (χ2n) is 4.83. The van der Waals surface area contributed by atoms with Gasteiger partial charge in [0, 0.05) is 11.8 Å². The Morgan fingerprint density at radius 3 is 2.70 bits per heavy atom. The zero-order chi connectivity index (χ0) is 13.9. The lowest BCUT2D eigenvalue weighted by Gasteiger charge is -2.04. The highest BCUT2D eigenvalue weighted by Gasteiger charge is 2.17. The Morgan fingerprint density at radius 2 is 1.90 bits per heavy atom. The predicted molar refractivity (Wildman–Crippen MR) is 77.8 cm³/mol. The molecule has 1 amide bonds. The fraction of sp³-hybridized carbons (Fsp3) is 0.118. The molecule has 0 saturated carbocycles. The maximum Gasteiger partial charge on any atom is 0.248 e. The van der Waals surface area contributed by atoms with Gasteiger partial charge >= 0.3 is 0 Å². The summed E-state index contributed by atoms with van der Waals surface area (Å²) in [6.45, 7) is 0. The third-order valence-corrected chi connectivity index (χ3v) is 3.43. The topological polar surface area (TPSA) is 29.1 Å². The van der Waals surface area contributed by atoms with Gasteiger partial charge in [0.1, 0.15) is 5.82 Å². The van der Waals surface area contributed by atoms with Crippen LogP contribution in [0.25, 0.3) is 5.57 Å². The van der Waals surface area contributed by atoms with Gasteiger partial charge in [0.15, 0.2) is 0 Å². The lowest BCUT2D eigenvalue weighted by atomic mass is 10.1. The van der Waals surface area contributed by atoms with E-state index in [0.717, 1.165) is 35.2 Å². The molecule has 0 heterocycles. The van der Waals surface area contributed by atoms with Crippen LogP contribution in [0.3, 0.4) is 0 Å². The second-order valence-corrected chi connectivity index (χ2v) is 4.83. The molecular formula is C17H14FNO. The molecule has 2 aromatic carbocycles. The van der Waals surface area contributed by atoms with Crippen LogP contribution in [0.15, 0.2) is 54.6 Å². The van der Waals surface area contributed by atoms with Gasteiger partial charge in [-0.05, 0) is 53.8 Å². The zero-order valence-electron chi connectivity index (χ0n) is 10.9. The smallest absolute Gasteiger partial charge is 0.248 e. The molecule has 3 heteroatoms. The van der Waals surface area contributed by atoms with Crippen LogP contribution in [0.5, 0.6) is 0 Å². The molecule has 0 radical (unpaired) electrons. The highest BCUT2D eigenvalue weighted by molar-refractivity contribution is 6.04. The lowest BCUT2D eigenvalue weighted by Crippen LogP contribution is -2.08. The standard InChI is InChI=1S/C17H14FNO/c18-14-9-8-12-6-7-13(16(12)11-14)10-17(20)19-15-4-2-1-3-5-15/h1-5,8-11H,6-7H2,(H,19,20)/b13-10+. The molecule has 0 spiro atoms. The van der Waals surface area contributed by atoms with Crippen LogP contribution in [0, 0.1) is 5.82 Å². The molecule has 0 atom stereocenters. The summed E-state index contributed by atoms with van der Waals surface area (Å²) in [5.41, 5.74) is 3.61. The summed E-state index contributed by atoms with van der Waals surface area (Å²) in [6, 6.07) is 14.0. The largest absolute Gasteiger partial charge is 0.323 e. The van der Waals surface area contributed by atoms with Crippen LogP contribution in [-0.4, -0.2) is 5.91 Å². The van der Waals surface area contributed by atoms with Gasteiger partial charge in [-0.1, -0.05) is 24.3 Å². The Balaban J connectivity index is 1.81. The quantitative estimate of drug-likeness (QED) is 0.824. The van der Waals surface area contributed by atoms with Crippen molar-refractivity contribution in [3.8, 4) is 0 Å². The lowest BCUT2D eigenvalue weighted by molar-refractivity contribution is -0.111. The number of carbonyl (C=O) groups is 1. The van der Waals surface area contributed by atoms with E-state index in [1.54, 1.807) is 12.1 Å². The number of allylic oxidation sites excluding steroid dienone is 1. The molecule has 1 aliphatic rings. The number of nitrogens with one attached hydrogen (secondary N) is 1. The predicted octanol–water partition coefficient (Wildman–Crippen LogP) is 3.79. The molecule has 1 N–H and O–H groups in total. The van der Waals surface area contributed by atoms with E-state index in [1.165, 1.54) is 12.1 Å². The van der Waals surface area contributed by atoms with Crippen molar-refractivity contribution in [2.45, 2.75) is 12.8 Å². The fourth-order valence-corrected chi connectivity index (χ4v) is 2.48. The van der Waals surface area contributed by atoms with Gasteiger partial charge in [-0.2, -0.15) is 0 Å². The minimum Gasteiger partial charge on any atom is -0.323 e. The van der Waals surface area contributed by atoms with E-state index < -0.39 is 0 Å².